The first-order valence-electron chi connectivity index (χ1n) is 5.01. The predicted molar refractivity (Wildman–Crippen MR) is 71.7 cm³/mol. The van der Waals surface area contributed by atoms with Gasteiger partial charge in [-0.1, -0.05) is 0 Å². The van der Waals surface area contributed by atoms with E-state index in [-0.39, 0.29) is 24.4 Å². The highest BCUT2D eigenvalue weighted by molar-refractivity contribution is 7.14. The molecule has 1 unspecified atom stereocenters. The third-order valence-electron chi connectivity index (χ3n) is 2.70. The topological polar surface area (TPSA) is 46.3 Å². The molecule has 0 saturated carbocycles. The van der Waals surface area contributed by atoms with Gasteiger partial charge in [-0.25, -0.2) is 0 Å². The highest BCUT2D eigenvalue weighted by Crippen LogP contribution is 2.22. The molecular weight excluding hydrogens is 244 g/mol. The number of hydrogen-bond acceptors (Lipinski definition) is 3. The lowest BCUT2D eigenvalue weighted by Gasteiger charge is -2.22. The van der Waals surface area contributed by atoms with E-state index in [1.165, 1.54) is 10.4 Å². The summed E-state index contributed by atoms with van der Waals surface area (Å²) in [5.41, 5.74) is 6.71. The highest BCUT2D eigenvalue weighted by Gasteiger charge is 2.18. The van der Waals surface area contributed by atoms with Gasteiger partial charge in [0.15, 0.2) is 0 Å². The van der Waals surface area contributed by atoms with E-state index in [1.807, 2.05) is 26.8 Å². The van der Waals surface area contributed by atoms with Crippen molar-refractivity contribution in [1.82, 2.24) is 4.90 Å². The average Bonchev–Trinajstić information content (AvgIpc) is 2.56. The van der Waals surface area contributed by atoms with Crippen molar-refractivity contribution in [1.29, 1.82) is 0 Å². The first kappa shape index (κ1) is 15.4. The number of rotatable bonds is 3. The molecule has 1 rings (SSSR count). The van der Waals surface area contributed by atoms with Crippen molar-refractivity contribution in [2.24, 2.45) is 5.73 Å². The zero-order valence-electron chi connectivity index (χ0n) is 10.1. The molecule has 2 N–H and O–H groups in total. The van der Waals surface area contributed by atoms with Gasteiger partial charge in [0.05, 0.1) is 4.88 Å². The van der Waals surface area contributed by atoms with E-state index >= 15 is 0 Å². The molecule has 3 nitrogen and oxygen atoms in total. The van der Waals surface area contributed by atoms with Gasteiger partial charge in [0.1, 0.15) is 0 Å². The van der Waals surface area contributed by atoms with Gasteiger partial charge in [-0.2, -0.15) is 0 Å². The van der Waals surface area contributed by atoms with Crippen LogP contribution in [0.25, 0.3) is 0 Å². The molecule has 0 radical (unpaired) electrons. The zero-order valence-corrected chi connectivity index (χ0v) is 11.7. The van der Waals surface area contributed by atoms with E-state index in [9.17, 15) is 4.79 Å². The number of carbonyl (C=O) groups excluding carboxylic acids is 1. The second-order valence-corrected chi connectivity index (χ2v) is 5.11. The number of nitrogens with two attached hydrogens (primary N) is 1. The molecule has 1 aromatic rings. The molecular formula is C11H19ClN2OS. The predicted octanol–water partition coefficient (Wildman–Crippen LogP) is 2.21. The Balaban J connectivity index is 0.00000225. The second-order valence-electron chi connectivity index (χ2n) is 3.85. The molecule has 0 aromatic carbocycles. The van der Waals surface area contributed by atoms with E-state index in [4.69, 9.17) is 5.73 Å². The van der Waals surface area contributed by atoms with Crippen molar-refractivity contribution in [2.75, 3.05) is 13.6 Å². The summed E-state index contributed by atoms with van der Waals surface area (Å²) in [5.74, 6) is 0.0640. The van der Waals surface area contributed by atoms with E-state index in [1.54, 1.807) is 23.3 Å². The normalized spacial score (nSPS) is 11.8. The second kappa shape index (κ2) is 6.23. The standard InChI is InChI=1S/C11H18N2OS.ClH/c1-7-5-10(15-9(7)3)11(14)13(4)8(2)6-12;/h5,8H,6,12H2,1-4H3;1H. The molecule has 1 amide bonds. The summed E-state index contributed by atoms with van der Waals surface area (Å²) in [6, 6.07) is 2.03. The summed E-state index contributed by atoms with van der Waals surface area (Å²) in [5, 5.41) is 0. The fraction of sp³-hybridized carbons (Fsp3) is 0.545. The Bertz CT molecular complexity index is 345. The zero-order chi connectivity index (χ0) is 11.6. The summed E-state index contributed by atoms with van der Waals surface area (Å²) in [7, 11) is 1.80. The highest BCUT2D eigenvalue weighted by atomic mass is 35.5. The van der Waals surface area contributed by atoms with Crippen molar-refractivity contribution in [3.63, 3.8) is 0 Å². The first-order valence-corrected chi connectivity index (χ1v) is 5.83. The number of aryl methyl sites for hydroxylation is 2. The minimum absolute atomic E-state index is 0. The molecule has 1 atom stereocenters. The summed E-state index contributed by atoms with van der Waals surface area (Å²) in [6.07, 6.45) is 0. The van der Waals surface area contributed by atoms with Crippen LogP contribution < -0.4 is 5.73 Å². The van der Waals surface area contributed by atoms with Gasteiger partial charge in [0.25, 0.3) is 5.91 Å². The third kappa shape index (κ3) is 3.20. The van der Waals surface area contributed by atoms with Crippen LogP contribution in [0.2, 0.25) is 0 Å². The minimum atomic E-state index is 0. The molecule has 0 bridgehead atoms. The molecule has 1 aromatic heterocycles. The van der Waals surface area contributed by atoms with Gasteiger partial charge in [-0.3, -0.25) is 4.79 Å². The maximum Gasteiger partial charge on any atom is 0.263 e. The van der Waals surface area contributed by atoms with Gasteiger partial charge in [0.2, 0.25) is 0 Å². The number of thiophene rings is 1. The molecule has 0 aliphatic carbocycles. The number of likely N-dealkylation sites (N-methyl/N-ethyl adjacent to an activating group) is 1. The lowest BCUT2D eigenvalue weighted by molar-refractivity contribution is 0.0753. The Morgan fingerprint density at radius 2 is 2.12 bits per heavy atom. The number of hydrogen-bond donors (Lipinski definition) is 1. The monoisotopic (exact) mass is 262 g/mol. The summed E-state index contributed by atoms with van der Waals surface area (Å²) in [4.78, 5) is 15.7. The number of carbonyl (C=O) groups is 1. The van der Waals surface area contributed by atoms with Crippen LogP contribution in [0.15, 0.2) is 6.07 Å². The van der Waals surface area contributed by atoms with Gasteiger partial charge in [-0.15, -0.1) is 23.7 Å². The Kier molecular flexibility index (Phi) is 6.00. The maximum absolute atomic E-state index is 12.0. The first-order chi connectivity index (χ1) is 6.97. The third-order valence-corrected chi connectivity index (χ3v) is 3.84. The van der Waals surface area contributed by atoms with Crippen molar-refractivity contribution in [2.45, 2.75) is 26.8 Å². The van der Waals surface area contributed by atoms with Crippen molar-refractivity contribution >= 4 is 29.7 Å². The van der Waals surface area contributed by atoms with E-state index < -0.39 is 0 Å². The van der Waals surface area contributed by atoms with E-state index in [0.717, 1.165) is 4.88 Å². The molecule has 0 aliphatic heterocycles. The van der Waals surface area contributed by atoms with Gasteiger partial charge in [-0.05, 0) is 32.4 Å². The number of nitrogens with zero attached hydrogens (tertiary/aromatic N) is 1. The molecule has 92 valence electrons. The van der Waals surface area contributed by atoms with Gasteiger partial charge >= 0.3 is 0 Å². The maximum atomic E-state index is 12.0. The summed E-state index contributed by atoms with van der Waals surface area (Å²) >= 11 is 1.55. The molecule has 16 heavy (non-hydrogen) atoms. The minimum Gasteiger partial charge on any atom is -0.337 e. The van der Waals surface area contributed by atoms with Crippen LogP contribution in [0.5, 0.6) is 0 Å². The fourth-order valence-electron chi connectivity index (χ4n) is 1.21. The Hall–Kier alpha value is -0.580. The summed E-state index contributed by atoms with van der Waals surface area (Å²) < 4.78 is 0. The average molecular weight is 263 g/mol. The van der Waals surface area contributed by atoms with Crippen LogP contribution in [-0.4, -0.2) is 30.4 Å². The van der Waals surface area contributed by atoms with Crippen LogP contribution in [0.1, 0.15) is 27.0 Å². The smallest absolute Gasteiger partial charge is 0.263 e. The SMILES string of the molecule is Cc1cc(C(=O)N(C)C(C)CN)sc1C.Cl. The lowest BCUT2D eigenvalue weighted by Crippen LogP contribution is -2.39. The van der Waals surface area contributed by atoms with Crippen LogP contribution in [0.4, 0.5) is 0 Å². The van der Waals surface area contributed by atoms with Crippen LogP contribution in [-0.2, 0) is 0 Å². The van der Waals surface area contributed by atoms with Gasteiger partial charge < -0.3 is 10.6 Å². The van der Waals surface area contributed by atoms with E-state index in [0.29, 0.717) is 6.54 Å². The Morgan fingerprint density at radius 3 is 2.50 bits per heavy atom. The lowest BCUT2D eigenvalue weighted by atomic mass is 10.2. The fourth-order valence-corrected chi connectivity index (χ4v) is 2.23. The largest absolute Gasteiger partial charge is 0.337 e. The Labute approximate surface area is 107 Å². The molecule has 0 fully saturated rings. The molecule has 0 saturated heterocycles. The van der Waals surface area contributed by atoms with E-state index in [2.05, 4.69) is 0 Å². The number of amides is 1. The van der Waals surface area contributed by atoms with Crippen molar-refractivity contribution < 1.29 is 4.79 Å². The van der Waals surface area contributed by atoms with Crippen molar-refractivity contribution in [3.05, 3.63) is 21.4 Å². The van der Waals surface area contributed by atoms with Crippen LogP contribution in [0.3, 0.4) is 0 Å². The summed E-state index contributed by atoms with van der Waals surface area (Å²) in [6.45, 7) is 6.49. The molecule has 0 spiro atoms. The molecule has 1 heterocycles. The number of halogens is 1. The molecule has 0 aliphatic rings. The quantitative estimate of drug-likeness (QED) is 0.908. The molecule has 5 heteroatoms. The van der Waals surface area contributed by atoms with Crippen molar-refractivity contribution in [3.8, 4) is 0 Å². The van der Waals surface area contributed by atoms with Crippen LogP contribution >= 0.6 is 23.7 Å². The van der Waals surface area contributed by atoms with Gasteiger partial charge in [0, 0.05) is 24.5 Å². The Morgan fingerprint density at radius 1 is 1.56 bits per heavy atom. The van der Waals surface area contributed by atoms with Crippen LogP contribution in [0, 0.1) is 13.8 Å².